The van der Waals surface area contributed by atoms with Gasteiger partial charge in [-0.15, -0.1) is 0 Å². The number of Topliss-reactive ketones (excluding diaryl/α,β-unsaturated/α-hetero) is 1. The van der Waals surface area contributed by atoms with Crippen molar-refractivity contribution in [2.45, 2.75) is 90.5 Å². The van der Waals surface area contributed by atoms with Gasteiger partial charge in [-0.25, -0.2) is 10.0 Å². The van der Waals surface area contributed by atoms with E-state index in [1.807, 2.05) is 33.9 Å². The second-order valence-corrected chi connectivity index (χ2v) is 17.2. The minimum absolute atomic E-state index is 0.0372. The third kappa shape index (κ3) is 7.47. The highest BCUT2D eigenvalue weighted by atomic mass is 28.4. The Kier molecular flexibility index (Phi) is 10.3. The smallest absolute Gasteiger partial charge is 0.412 e. The molecule has 3 rings (SSSR count). The highest BCUT2D eigenvalue weighted by Gasteiger charge is 2.52. The van der Waals surface area contributed by atoms with E-state index in [1.54, 1.807) is 55.5 Å². The lowest BCUT2D eigenvalue weighted by Gasteiger charge is -2.48. The van der Waals surface area contributed by atoms with Gasteiger partial charge in [0.15, 0.2) is 8.32 Å². The maximum Gasteiger partial charge on any atom is 0.452 e. The molecule has 0 spiro atoms. The zero-order valence-electron chi connectivity index (χ0n) is 26.3. The van der Waals surface area contributed by atoms with Crippen molar-refractivity contribution in [2.75, 3.05) is 0 Å². The van der Waals surface area contributed by atoms with Gasteiger partial charge in [-0.2, -0.15) is 13.2 Å². The van der Waals surface area contributed by atoms with Crippen LogP contribution in [0.1, 0.15) is 52.7 Å². The van der Waals surface area contributed by atoms with Crippen LogP contribution in [0.15, 0.2) is 66.9 Å². The van der Waals surface area contributed by atoms with Crippen molar-refractivity contribution in [1.82, 2.24) is 14.9 Å². The predicted molar refractivity (Wildman–Crippen MR) is 163 cm³/mol. The van der Waals surface area contributed by atoms with E-state index >= 15 is 0 Å². The number of hydrogen-bond acceptors (Lipinski definition) is 5. The fourth-order valence-electron chi connectivity index (χ4n) is 4.89. The quantitative estimate of drug-likeness (QED) is 0.319. The molecule has 0 radical (unpaired) electrons. The molecule has 0 saturated heterocycles. The zero-order valence-corrected chi connectivity index (χ0v) is 27.3. The summed E-state index contributed by atoms with van der Waals surface area (Å²) in [5, 5.41) is 1.13. The number of rotatable bonds is 9. The fraction of sp³-hybridized carbons (Fsp3) is 0.438. The molecule has 0 N–H and O–H groups in total. The van der Waals surface area contributed by atoms with Gasteiger partial charge in [0.05, 0.1) is 11.8 Å². The van der Waals surface area contributed by atoms with Crippen molar-refractivity contribution in [2.24, 2.45) is 0 Å². The van der Waals surface area contributed by atoms with Gasteiger partial charge in [-0.3, -0.25) is 19.2 Å². The Hall–Kier alpha value is -3.77. The molecule has 44 heavy (non-hydrogen) atoms. The van der Waals surface area contributed by atoms with Crippen LogP contribution in [0.4, 0.5) is 13.2 Å². The monoisotopic (exact) mass is 631 g/mol. The van der Waals surface area contributed by atoms with Crippen molar-refractivity contribution in [1.29, 1.82) is 0 Å². The van der Waals surface area contributed by atoms with Crippen molar-refractivity contribution < 1.29 is 36.8 Å². The van der Waals surface area contributed by atoms with Crippen LogP contribution in [0.2, 0.25) is 18.1 Å². The highest BCUT2D eigenvalue weighted by molar-refractivity contribution is 6.74. The molecule has 2 aromatic rings. The molecule has 1 aliphatic rings. The molecule has 3 amide bonds. The van der Waals surface area contributed by atoms with Crippen molar-refractivity contribution >= 4 is 37.5 Å². The van der Waals surface area contributed by atoms with Crippen molar-refractivity contribution in [3.8, 4) is 0 Å². The molecule has 0 aliphatic carbocycles. The molecule has 8 nitrogen and oxygen atoms in total. The molecule has 1 heterocycles. The lowest BCUT2D eigenvalue weighted by Crippen LogP contribution is -2.66. The van der Waals surface area contributed by atoms with E-state index in [0.29, 0.717) is 16.1 Å². The number of hydrogen-bond donors (Lipinski definition) is 0. The molecule has 12 heteroatoms. The van der Waals surface area contributed by atoms with Gasteiger partial charge < -0.3 is 9.33 Å². The first kappa shape index (κ1) is 34.7. The number of benzene rings is 2. The van der Waals surface area contributed by atoms with E-state index in [9.17, 15) is 32.3 Å². The molecule has 3 atom stereocenters. The van der Waals surface area contributed by atoms with Gasteiger partial charge in [0.25, 0.3) is 11.7 Å². The zero-order chi connectivity index (χ0) is 33.2. The molecule has 238 valence electrons. The first-order chi connectivity index (χ1) is 20.3. The average Bonchev–Trinajstić information content (AvgIpc) is 2.92. The first-order valence-corrected chi connectivity index (χ1v) is 17.2. The minimum atomic E-state index is -5.31. The maximum absolute atomic E-state index is 14.6. The summed E-state index contributed by atoms with van der Waals surface area (Å²) in [5.74, 6) is -4.54. The second kappa shape index (κ2) is 13.1. The summed E-state index contributed by atoms with van der Waals surface area (Å²) < 4.78 is 48.8. The van der Waals surface area contributed by atoms with Crippen molar-refractivity contribution in [3.63, 3.8) is 0 Å². The number of halogens is 3. The molecule has 1 aliphatic heterocycles. The lowest BCUT2D eigenvalue weighted by atomic mass is 9.99. The van der Waals surface area contributed by atoms with E-state index in [0.717, 1.165) is 11.9 Å². The molecular weight excluding hydrogens is 591 g/mol. The van der Waals surface area contributed by atoms with Crippen LogP contribution in [0.5, 0.6) is 0 Å². The van der Waals surface area contributed by atoms with Crippen LogP contribution < -0.4 is 0 Å². The predicted octanol–water partition coefficient (Wildman–Crippen LogP) is 5.96. The van der Waals surface area contributed by atoms with Crippen LogP contribution in [0.3, 0.4) is 0 Å². The normalized spacial score (nSPS) is 17.6. The SMILES string of the molecule is CC(=O)N1C=C(c2ccccc2)N(N(C(C)=O)C(Cc2ccccc2)C(=O)C(F)(F)F)C(=O)C1C(C)O[Si](C)(C)C(C)(C)C. The van der Waals surface area contributed by atoms with Crippen LogP contribution in [0.25, 0.3) is 5.70 Å². The number of carbonyl (C=O) groups is 4. The van der Waals surface area contributed by atoms with E-state index in [2.05, 4.69) is 0 Å². The van der Waals surface area contributed by atoms with E-state index in [4.69, 9.17) is 4.43 Å². The van der Waals surface area contributed by atoms with E-state index in [1.165, 1.54) is 30.2 Å². The second-order valence-electron chi connectivity index (χ2n) is 12.4. The summed E-state index contributed by atoms with van der Waals surface area (Å²) in [6.45, 7) is 13.8. The third-order valence-electron chi connectivity index (χ3n) is 8.10. The molecule has 0 saturated carbocycles. The number of nitrogens with zero attached hydrogens (tertiary/aromatic N) is 3. The van der Waals surface area contributed by atoms with Crippen LogP contribution in [0, 0.1) is 0 Å². The van der Waals surface area contributed by atoms with Crippen LogP contribution >= 0.6 is 0 Å². The van der Waals surface area contributed by atoms with E-state index < -0.39 is 62.6 Å². The number of ketones is 1. The van der Waals surface area contributed by atoms with Gasteiger partial charge in [-0.05, 0) is 30.6 Å². The topological polar surface area (TPSA) is 87.2 Å². The third-order valence-corrected chi connectivity index (χ3v) is 12.7. The van der Waals surface area contributed by atoms with Crippen LogP contribution in [-0.4, -0.2) is 71.1 Å². The number of carbonyl (C=O) groups excluding carboxylic acids is 4. The summed E-state index contributed by atoms with van der Waals surface area (Å²) >= 11 is 0. The Labute approximate surface area is 257 Å². The van der Waals surface area contributed by atoms with Gasteiger partial charge in [-0.1, -0.05) is 81.4 Å². The molecule has 0 fully saturated rings. The van der Waals surface area contributed by atoms with E-state index in [-0.39, 0.29) is 10.7 Å². The molecule has 3 unspecified atom stereocenters. The summed E-state index contributed by atoms with van der Waals surface area (Å²) in [4.78, 5) is 55.2. The lowest BCUT2D eigenvalue weighted by molar-refractivity contribution is -0.188. The molecule has 0 aromatic heterocycles. The van der Waals surface area contributed by atoms with Crippen LogP contribution in [-0.2, 0) is 30.0 Å². The van der Waals surface area contributed by atoms with Crippen molar-refractivity contribution in [3.05, 3.63) is 78.0 Å². The van der Waals surface area contributed by atoms with Gasteiger partial charge >= 0.3 is 6.18 Å². The molecular formula is C32H40F3N3O5Si. The summed E-state index contributed by atoms with van der Waals surface area (Å²) in [7, 11) is -2.53. The van der Waals surface area contributed by atoms with Gasteiger partial charge in [0.2, 0.25) is 11.8 Å². The summed E-state index contributed by atoms with van der Waals surface area (Å²) in [6, 6.07) is 12.7. The maximum atomic E-state index is 14.6. The number of amides is 3. The molecule has 2 aromatic carbocycles. The molecule has 0 bridgehead atoms. The Balaban J connectivity index is 2.29. The Morgan fingerprint density at radius 2 is 1.48 bits per heavy atom. The average molecular weight is 632 g/mol. The largest absolute Gasteiger partial charge is 0.452 e. The Morgan fingerprint density at radius 1 is 0.955 bits per heavy atom. The Bertz CT molecular complexity index is 1410. The standard InChI is InChI=1S/C32H40F3N3O5Si/c1-21(43-44(7,8)31(4,5)6)28-30(42)38(27(20-36(28)22(2)39)25-17-13-10-14-18-25)37(23(3)40)26(29(41)32(33,34)35)19-24-15-11-9-12-16-24/h9-18,20-21,26,28H,19H2,1-8H3. The summed E-state index contributed by atoms with van der Waals surface area (Å²) in [5.41, 5.74) is 0.657. The number of hydrazine groups is 1. The fourth-order valence-corrected chi connectivity index (χ4v) is 6.31. The summed E-state index contributed by atoms with van der Waals surface area (Å²) in [6.07, 6.45) is -5.40. The first-order valence-electron chi connectivity index (χ1n) is 14.3. The highest BCUT2D eigenvalue weighted by Crippen LogP contribution is 2.39. The van der Waals surface area contributed by atoms with Gasteiger partial charge in [0, 0.05) is 32.0 Å². The Morgan fingerprint density at radius 3 is 1.93 bits per heavy atom. The van der Waals surface area contributed by atoms with Gasteiger partial charge in [0.1, 0.15) is 12.1 Å². The number of alkyl halides is 3. The minimum Gasteiger partial charge on any atom is -0.412 e.